The lowest BCUT2D eigenvalue weighted by atomic mass is 9.93. The van der Waals surface area contributed by atoms with Crippen LogP contribution in [0.3, 0.4) is 0 Å². The summed E-state index contributed by atoms with van der Waals surface area (Å²) in [5, 5.41) is 3.57. The van der Waals surface area contributed by atoms with Crippen molar-refractivity contribution in [2.45, 2.75) is 19.8 Å². The van der Waals surface area contributed by atoms with E-state index in [-0.39, 0.29) is 0 Å². The van der Waals surface area contributed by atoms with Crippen LogP contribution in [0.15, 0.2) is 24.3 Å². The molecule has 2 aliphatic heterocycles. The van der Waals surface area contributed by atoms with Crippen molar-refractivity contribution in [2.24, 2.45) is 11.8 Å². The summed E-state index contributed by atoms with van der Waals surface area (Å²) in [5.74, 6) is 1.69. The summed E-state index contributed by atoms with van der Waals surface area (Å²) in [4.78, 5) is 2.64. The molecule has 2 aliphatic rings. The second-order valence-corrected chi connectivity index (χ2v) is 5.76. The second kappa shape index (κ2) is 4.69. The zero-order chi connectivity index (χ0) is 11.7. The Labute approximate surface area is 104 Å². The van der Waals surface area contributed by atoms with E-state index < -0.39 is 0 Å². The van der Waals surface area contributed by atoms with Crippen LogP contribution in [0.25, 0.3) is 0 Å². The van der Waals surface area contributed by atoms with E-state index in [1.807, 2.05) is 0 Å². The highest BCUT2D eigenvalue weighted by molar-refractivity contribution is 5.53. The average Bonchev–Trinajstić information content (AvgIpc) is 2.75. The molecule has 2 heteroatoms. The van der Waals surface area contributed by atoms with Crippen molar-refractivity contribution in [3.05, 3.63) is 29.8 Å². The molecule has 2 unspecified atom stereocenters. The molecule has 2 heterocycles. The Balaban J connectivity index is 1.61. The lowest BCUT2D eigenvalue weighted by Gasteiger charge is -2.29. The van der Waals surface area contributed by atoms with E-state index >= 15 is 0 Å². The van der Waals surface area contributed by atoms with Crippen molar-refractivity contribution in [3.8, 4) is 0 Å². The Morgan fingerprint density at radius 3 is 3.06 bits per heavy atom. The molecule has 92 valence electrons. The van der Waals surface area contributed by atoms with Crippen LogP contribution in [0.5, 0.6) is 0 Å². The highest BCUT2D eigenvalue weighted by atomic mass is 15.1. The van der Waals surface area contributed by atoms with Crippen LogP contribution in [0, 0.1) is 11.8 Å². The molecule has 1 saturated heterocycles. The monoisotopic (exact) mass is 230 g/mol. The standard InChI is InChI=1S/C15H22N2/c1-12-6-7-17(10-12)11-13-8-14-4-2-3-5-15(14)16-9-13/h2-5,12-13,16H,6-11H2,1H3. The number of para-hydroxylation sites is 1. The first-order valence-electron chi connectivity index (χ1n) is 6.85. The van der Waals surface area contributed by atoms with Crippen LogP contribution in [0.4, 0.5) is 5.69 Å². The fourth-order valence-corrected chi connectivity index (χ4v) is 3.19. The van der Waals surface area contributed by atoms with E-state index in [1.165, 1.54) is 43.7 Å². The van der Waals surface area contributed by atoms with Gasteiger partial charge < -0.3 is 10.2 Å². The molecule has 0 aromatic heterocycles. The minimum absolute atomic E-state index is 0.787. The number of nitrogens with zero attached hydrogens (tertiary/aromatic N) is 1. The fourth-order valence-electron chi connectivity index (χ4n) is 3.19. The molecule has 2 nitrogen and oxygen atoms in total. The third kappa shape index (κ3) is 2.47. The van der Waals surface area contributed by atoms with Crippen molar-refractivity contribution >= 4 is 5.69 Å². The predicted octanol–water partition coefficient (Wildman–Crippen LogP) is 2.61. The minimum atomic E-state index is 0.787. The van der Waals surface area contributed by atoms with E-state index in [4.69, 9.17) is 0 Å². The zero-order valence-electron chi connectivity index (χ0n) is 10.7. The van der Waals surface area contributed by atoms with Crippen LogP contribution in [0.1, 0.15) is 18.9 Å². The molecule has 1 fully saturated rings. The van der Waals surface area contributed by atoms with Gasteiger partial charge in [0.1, 0.15) is 0 Å². The third-order valence-electron chi connectivity index (χ3n) is 4.13. The molecular formula is C15H22N2. The number of hydrogen-bond acceptors (Lipinski definition) is 2. The smallest absolute Gasteiger partial charge is 0.0372 e. The molecule has 0 bridgehead atoms. The quantitative estimate of drug-likeness (QED) is 0.840. The summed E-state index contributed by atoms with van der Waals surface area (Å²) in [6.45, 7) is 7.39. The van der Waals surface area contributed by atoms with Gasteiger partial charge in [0, 0.05) is 25.3 Å². The van der Waals surface area contributed by atoms with Crippen molar-refractivity contribution in [3.63, 3.8) is 0 Å². The maximum Gasteiger partial charge on any atom is 0.0372 e. The summed E-state index contributed by atoms with van der Waals surface area (Å²) in [5.41, 5.74) is 2.84. The highest BCUT2D eigenvalue weighted by Gasteiger charge is 2.24. The number of anilines is 1. The number of fused-ring (bicyclic) bond motifs is 1. The van der Waals surface area contributed by atoms with E-state index in [1.54, 1.807) is 0 Å². The summed E-state index contributed by atoms with van der Waals surface area (Å²) < 4.78 is 0. The molecule has 0 saturated carbocycles. The van der Waals surface area contributed by atoms with Gasteiger partial charge in [0.05, 0.1) is 0 Å². The Hall–Kier alpha value is -1.02. The summed E-state index contributed by atoms with van der Waals surface area (Å²) in [6, 6.07) is 8.74. The molecule has 2 atom stereocenters. The van der Waals surface area contributed by atoms with E-state index in [9.17, 15) is 0 Å². The molecule has 3 rings (SSSR count). The molecule has 17 heavy (non-hydrogen) atoms. The first-order chi connectivity index (χ1) is 8.31. The van der Waals surface area contributed by atoms with Gasteiger partial charge >= 0.3 is 0 Å². The molecular weight excluding hydrogens is 208 g/mol. The molecule has 0 radical (unpaired) electrons. The van der Waals surface area contributed by atoms with Gasteiger partial charge in [-0.2, -0.15) is 0 Å². The van der Waals surface area contributed by atoms with Crippen molar-refractivity contribution in [2.75, 3.05) is 31.5 Å². The molecule has 1 aromatic rings. The Bertz CT molecular complexity index is 388. The van der Waals surface area contributed by atoms with Gasteiger partial charge in [0.15, 0.2) is 0 Å². The van der Waals surface area contributed by atoms with E-state index in [0.29, 0.717) is 0 Å². The van der Waals surface area contributed by atoms with Crippen LogP contribution < -0.4 is 5.32 Å². The number of likely N-dealkylation sites (tertiary alicyclic amines) is 1. The molecule has 0 amide bonds. The Morgan fingerprint density at radius 2 is 2.24 bits per heavy atom. The van der Waals surface area contributed by atoms with Crippen LogP contribution >= 0.6 is 0 Å². The van der Waals surface area contributed by atoms with Crippen LogP contribution in [0.2, 0.25) is 0 Å². The zero-order valence-corrected chi connectivity index (χ0v) is 10.7. The normalized spacial score (nSPS) is 28.8. The topological polar surface area (TPSA) is 15.3 Å². The SMILES string of the molecule is CC1CCN(CC2CNc3ccccc3C2)C1. The summed E-state index contributed by atoms with van der Waals surface area (Å²) >= 11 is 0. The number of rotatable bonds is 2. The minimum Gasteiger partial charge on any atom is -0.384 e. The van der Waals surface area contributed by atoms with Gasteiger partial charge in [-0.05, 0) is 42.9 Å². The first-order valence-corrected chi connectivity index (χ1v) is 6.85. The average molecular weight is 230 g/mol. The lowest BCUT2D eigenvalue weighted by molar-refractivity contribution is 0.273. The van der Waals surface area contributed by atoms with Gasteiger partial charge in [-0.25, -0.2) is 0 Å². The second-order valence-electron chi connectivity index (χ2n) is 5.76. The van der Waals surface area contributed by atoms with Gasteiger partial charge in [-0.1, -0.05) is 25.1 Å². The van der Waals surface area contributed by atoms with Crippen molar-refractivity contribution in [1.82, 2.24) is 4.90 Å². The Kier molecular flexibility index (Phi) is 3.06. The molecule has 1 N–H and O–H groups in total. The maximum absolute atomic E-state index is 3.57. The van der Waals surface area contributed by atoms with Gasteiger partial charge in [0.25, 0.3) is 0 Å². The maximum atomic E-state index is 3.57. The first kappa shape index (κ1) is 11.1. The third-order valence-corrected chi connectivity index (χ3v) is 4.13. The Morgan fingerprint density at radius 1 is 1.35 bits per heavy atom. The van der Waals surface area contributed by atoms with E-state index in [2.05, 4.69) is 41.4 Å². The van der Waals surface area contributed by atoms with Gasteiger partial charge in [0.2, 0.25) is 0 Å². The van der Waals surface area contributed by atoms with Crippen LogP contribution in [-0.2, 0) is 6.42 Å². The lowest BCUT2D eigenvalue weighted by Crippen LogP contribution is -2.34. The van der Waals surface area contributed by atoms with Gasteiger partial charge in [-0.15, -0.1) is 0 Å². The molecule has 0 spiro atoms. The summed E-state index contributed by atoms with van der Waals surface area (Å²) in [7, 11) is 0. The highest BCUT2D eigenvalue weighted by Crippen LogP contribution is 2.26. The summed E-state index contributed by atoms with van der Waals surface area (Å²) in [6.07, 6.45) is 2.63. The van der Waals surface area contributed by atoms with Crippen molar-refractivity contribution in [1.29, 1.82) is 0 Å². The molecule has 0 aliphatic carbocycles. The largest absolute Gasteiger partial charge is 0.384 e. The number of nitrogens with one attached hydrogen (secondary N) is 1. The van der Waals surface area contributed by atoms with Crippen molar-refractivity contribution < 1.29 is 0 Å². The molecule has 1 aromatic carbocycles. The van der Waals surface area contributed by atoms with E-state index in [0.717, 1.165) is 18.4 Å². The number of hydrogen-bond donors (Lipinski definition) is 1. The fraction of sp³-hybridized carbons (Fsp3) is 0.600. The number of benzene rings is 1. The predicted molar refractivity (Wildman–Crippen MR) is 72.3 cm³/mol. The van der Waals surface area contributed by atoms with Crippen LogP contribution in [-0.4, -0.2) is 31.1 Å². The van der Waals surface area contributed by atoms with Gasteiger partial charge in [-0.3, -0.25) is 0 Å².